The number of rotatable bonds is 2. The Morgan fingerprint density at radius 1 is 1.33 bits per heavy atom. The first kappa shape index (κ1) is 9.75. The summed E-state index contributed by atoms with van der Waals surface area (Å²) >= 11 is 0. The maximum Gasteiger partial charge on any atom is 0.433 e. The molecule has 15 heavy (non-hydrogen) atoms. The summed E-state index contributed by atoms with van der Waals surface area (Å²) in [4.78, 5) is 0. The zero-order chi connectivity index (χ0) is 10.9. The van der Waals surface area contributed by atoms with Crippen molar-refractivity contribution in [2.24, 2.45) is 0 Å². The number of H-pyrrole nitrogens is 1. The van der Waals surface area contributed by atoms with E-state index in [1.807, 2.05) is 5.10 Å². The molecule has 2 heterocycles. The molecule has 4 nitrogen and oxygen atoms in total. The fourth-order valence-corrected chi connectivity index (χ4v) is 1.22. The maximum atomic E-state index is 12.4. The molecule has 0 unspecified atom stereocenters. The van der Waals surface area contributed by atoms with Gasteiger partial charge in [-0.3, -0.25) is 5.10 Å². The van der Waals surface area contributed by atoms with E-state index in [1.165, 1.54) is 12.5 Å². The molecule has 2 rings (SSSR count). The van der Waals surface area contributed by atoms with Crippen molar-refractivity contribution in [2.75, 3.05) is 0 Å². The van der Waals surface area contributed by atoms with Crippen LogP contribution in [0.2, 0.25) is 0 Å². The Morgan fingerprint density at radius 2 is 2.13 bits per heavy atom. The van der Waals surface area contributed by atoms with Crippen molar-refractivity contribution in [3.05, 3.63) is 35.5 Å². The van der Waals surface area contributed by atoms with Crippen LogP contribution in [0.1, 0.15) is 16.8 Å². The van der Waals surface area contributed by atoms with Crippen molar-refractivity contribution < 1.29 is 17.7 Å². The molecule has 0 fully saturated rings. The summed E-state index contributed by atoms with van der Waals surface area (Å²) in [5.74, 6) is 0. The van der Waals surface area contributed by atoms with Crippen LogP contribution >= 0.6 is 0 Å². The molecule has 0 saturated heterocycles. The van der Waals surface area contributed by atoms with Gasteiger partial charge in [-0.2, -0.15) is 18.3 Å². The van der Waals surface area contributed by atoms with Crippen molar-refractivity contribution in [1.29, 1.82) is 0 Å². The van der Waals surface area contributed by atoms with Crippen LogP contribution in [0.5, 0.6) is 0 Å². The second kappa shape index (κ2) is 3.41. The van der Waals surface area contributed by atoms with Crippen LogP contribution in [0.4, 0.5) is 13.2 Å². The largest absolute Gasteiger partial charge is 0.433 e. The zero-order valence-corrected chi connectivity index (χ0v) is 7.38. The Labute approximate surface area is 82.1 Å². The molecule has 0 aromatic carbocycles. The third-order valence-corrected chi connectivity index (χ3v) is 1.88. The first-order chi connectivity index (χ1) is 7.07. The quantitative estimate of drug-likeness (QED) is 0.837. The topological polar surface area (TPSA) is 54.7 Å². The molecular formula is C8H6F3N3O. The van der Waals surface area contributed by atoms with Gasteiger partial charge in [0.1, 0.15) is 12.0 Å². The van der Waals surface area contributed by atoms with Crippen LogP contribution in [0.3, 0.4) is 0 Å². The highest BCUT2D eigenvalue weighted by molar-refractivity contribution is 5.25. The summed E-state index contributed by atoms with van der Waals surface area (Å²) in [7, 11) is 0. The molecule has 0 aliphatic rings. The number of hydrogen-bond donors (Lipinski definition) is 1. The predicted molar refractivity (Wildman–Crippen MR) is 42.9 cm³/mol. The smallest absolute Gasteiger partial charge is 0.364 e. The number of halogens is 3. The van der Waals surface area contributed by atoms with Gasteiger partial charge < -0.3 is 4.52 Å². The van der Waals surface area contributed by atoms with Crippen LogP contribution in [-0.2, 0) is 12.6 Å². The average molecular weight is 217 g/mol. The lowest BCUT2D eigenvalue weighted by molar-refractivity contribution is -0.141. The Bertz CT molecular complexity index is 432. The highest BCUT2D eigenvalue weighted by Crippen LogP contribution is 2.30. The van der Waals surface area contributed by atoms with E-state index < -0.39 is 11.9 Å². The molecule has 0 atom stereocenters. The second-order valence-electron chi connectivity index (χ2n) is 2.98. The minimum atomic E-state index is -4.41. The standard InChI is InChI=1S/C8H6F3N3O/c9-8(10,11)7-6(3-12-14-7)1-5-2-13-15-4-5/h2-4H,1H2,(H,12,14). The fourth-order valence-electron chi connectivity index (χ4n) is 1.22. The first-order valence-corrected chi connectivity index (χ1v) is 4.05. The SMILES string of the molecule is FC(F)(F)c1[nH]ncc1Cc1cnoc1. The highest BCUT2D eigenvalue weighted by Gasteiger charge is 2.35. The van der Waals surface area contributed by atoms with Crippen LogP contribution in [0.15, 0.2) is 23.2 Å². The number of aromatic nitrogens is 3. The van der Waals surface area contributed by atoms with Crippen molar-refractivity contribution in [3.8, 4) is 0 Å². The van der Waals surface area contributed by atoms with E-state index >= 15 is 0 Å². The Morgan fingerprint density at radius 3 is 2.73 bits per heavy atom. The monoisotopic (exact) mass is 217 g/mol. The van der Waals surface area contributed by atoms with Crippen molar-refractivity contribution >= 4 is 0 Å². The van der Waals surface area contributed by atoms with Crippen LogP contribution in [-0.4, -0.2) is 15.4 Å². The summed E-state index contributed by atoms with van der Waals surface area (Å²) in [5.41, 5.74) is -0.184. The first-order valence-electron chi connectivity index (χ1n) is 4.05. The fraction of sp³-hybridized carbons (Fsp3) is 0.250. The predicted octanol–water partition coefficient (Wildman–Crippen LogP) is 2.01. The number of alkyl halides is 3. The van der Waals surface area contributed by atoms with Gasteiger partial charge >= 0.3 is 6.18 Å². The van der Waals surface area contributed by atoms with Gasteiger partial charge in [-0.05, 0) is 0 Å². The van der Waals surface area contributed by atoms with Gasteiger partial charge in [0.05, 0.1) is 12.4 Å². The lowest BCUT2D eigenvalue weighted by Gasteiger charge is -2.05. The third kappa shape index (κ3) is 2.00. The van der Waals surface area contributed by atoms with E-state index in [2.05, 4.69) is 14.8 Å². The van der Waals surface area contributed by atoms with Crippen LogP contribution in [0.25, 0.3) is 0 Å². The minimum absolute atomic E-state index is 0.0747. The van der Waals surface area contributed by atoms with Crippen LogP contribution < -0.4 is 0 Å². The van der Waals surface area contributed by atoms with E-state index in [0.717, 1.165) is 6.20 Å². The Balaban J connectivity index is 2.26. The third-order valence-electron chi connectivity index (χ3n) is 1.88. The molecule has 0 bridgehead atoms. The van der Waals surface area contributed by atoms with Crippen molar-refractivity contribution in [2.45, 2.75) is 12.6 Å². The van der Waals surface area contributed by atoms with Crippen molar-refractivity contribution in [3.63, 3.8) is 0 Å². The molecule has 0 saturated carbocycles. The molecule has 0 aliphatic carbocycles. The van der Waals surface area contributed by atoms with Gasteiger partial charge in [0.15, 0.2) is 0 Å². The van der Waals surface area contributed by atoms with E-state index in [0.29, 0.717) is 5.56 Å². The Hall–Kier alpha value is -1.79. The summed E-state index contributed by atoms with van der Waals surface area (Å²) in [6.45, 7) is 0. The summed E-state index contributed by atoms with van der Waals surface area (Å²) in [6, 6.07) is 0. The number of hydrogen-bond acceptors (Lipinski definition) is 3. The molecule has 0 radical (unpaired) electrons. The number of nitrogens with one attached hydrogen (secondary N) is 1. The van der Waals surface area contributed by atoms with Gasteiger partial charge in [-0.15, -0.1) is 0 Å². The average Bonchev–Trinajstić information content (AvgIpc) is 2.73. The molecule has 2 aromatic rings. The molecule has 0 spiro atoms. The Kier molecular flexibility index (Phi) is 2.22. The van der Waals surface area contributed by atoms with Crippen molar-refractivity contribution in [1.82, 2.24) is 15.4 Å². The van der Waals surface area contributed by atoms with E-state index in [1.54, 1.807) is 0 Å². The van der Waals surface area contributed by atoms with Gasteiger partial charge in [0.2, 0.25) is 0 Å². The molecule has 0 aliphatic heterocycles. The maximum absolute atomic E-state index is 12.4. The van der Waals surface area contributed by atoms with Gasteiger partial charge in [0, 0.05) is 17.5 Å². The molecule has 7 heteroatoms. The molecule has 0 amide bonds. The van der Waals surface area contributed by atoms with Gasteiger partial charge in [0.25, 0.3) is 0 Å². The summed E-state index contributed by atoms with van der Waals surface area (Å²) < 4.78 is 41.7. The van der Waals surface area contributed by atoms with Gasteiger partial charge in [-0.1, -0.05) is 5.16 Å². The summed E-state index contributed by atoms with van der Waals surface area (Å²) in [6.07, 6.45) is -0.506. The summed E-state index contributed by atoms with van der Waals surface area (Å²) in [5, 5.41) is 8.71. The highest BCUT2D eigenvalue weighted by atomic mass is 19.4. The molecule has 80 valence electrons. The molecule has 2 aromatic heterocycles. The molecule has 1 N–H and O–H groups in total. The van der Waals surface area contributed by atoms with E-state index in [9.17, 15) is 13.2 Å². The number of aromatic amines is 1. The normalized spacial score (nSPS) is 11.9. The second-order valence-corrected chi connectivity index (χ2v) is 2.98. The minimum Gasteiger partial charge on any atom is -0.364 e. The van der Waals surface area contributed by atoms with E-state index in [-0.39, 0.29) is 12.0 Å². The molecular weight excluding hydrogens is 211 g/mol. The van der Waals surface area contributed by atoms with Crippen LogP contribution in [0, 0.1) is 0 Å². The van der Waals surface area contributed by atoms with Gasteiger partial charge in [-0.25, -0.2) is 0 Å². The zero-order valence-electron chi connectivity index (χ0n) is 7.38. The lowest BCUT2D eigenvalue weighted by atomic mass is 10.1. The number of nitrogens with zero attached hydrogens (tertiary/aromatic N) is 2. The van der Waals surface area contributed by atoms with E-state index in [4.69, 9.17) is 0 Å². The lowest BCUT2D eigenvalue weighted by Crippen LogP contribution is -2.09.